The van der Waals surface area contributed by atoms with Gasteiger partial charge in [-0.15, -0.1) is 0 Å². The topological polar surface area (TPSA) is 18.5 Å². The van der Waals surface area contributed by atoms with Crippen LogP contribution >= 0.6 is 15.9 Å². The van der Waals surface area contributed by atoms with Gasteiger partial charge in [0.25, 0.3) is 0 Å². The van der Waals surface area contributed by atoms with Gasteiger partial charge in [0.15, 0.2) is 17.4 Å². The van der Waals surface area contributed by atoms with E-state index in [0.29, 0.717) is 16.6 Å². The second-order valence-corrected chi connectivity index (χ2v) is 4.59. The monoisotopic (exact) mass is 342 g/mol. The van der Waals surface area contributed by atoms with Crippen LogP contribution < -0.4 is 9.47 Å². The Bertz CT molecular complexity index is 538. The van der Waals surface area contributed by atoms with Crippen molar-refractivity contribution >= 4 is 15.9 Å². The molecule has 106 valence electrons. The van der Waals surface area contributed by atoms with Gasteiger partial charge >= 0.3 is 0 Å². The molecule has 0 aromatic heterocycles. The van der Waals surface area contributed by atoms with Crippen molar-refractivity contribution in [2.45, 2.75) is 5.33 Å². The van der Waals surface area contributed by atoms with Crippen LogP contribution in [0, 0.1) is 11.6 Å². The smallest absolute Gasteiger partial charge is 0.190 e. The number of ether oxygens (including phenoxy) is 2. The molecule has 0 spiro atoms. The second-order valence-electron chi connectivity index (χ2n) is 4.03. The van der Waals surface area contributed by atoms with Crippen LogP contribution in [0.25, 0.3) is 0 Å². The molecule has 0 unspecified atom stereocenters. The van der Waals surface area contributed by atoms with E-state index in [4.69, 9.17) is 9.47 Å². The third kappa shape index (κ3) is 3.93. The molecular formula is C15H13BrF2O2. The highest BCUT2D eigenvalue weighted by atomic mass is 79.9. The first-order chi connectivity index (χ1) is 9.70. The van der Waals surface area contributed by atoms with Gasteiger partial charge in [-0.2, -0.15) is 0 Å². The molecule has 0 aliphatic heterocycles. The predicted molar refractivity (Wildman–Crippen MR) is 76.4 cm³/mol. The maximum atomic E-state index is 13.6. The number of hydrogen-bond donors (Lipinski definition) is 0. The molecule has 0 radical (unpaired) electrons. The number of benzene rings is 2. The van der Waals surface area contributed by atoms with Gasteiger partial charge in [0.1, 0.15) is 19.0 Å². The molecule has 0 aliphatic rings. The van der Waals surface area contributed by atoms with Crippen LogP contribution in [0.15, 0.2) is 42.5 Å². The summed E-state index contributed by atoms with van der Waals surface area (Å²) in [6, 6.07) is 11.6. The van der Waals surface area contributed by atoms with Crippen molar-refractivity contribution in [1.29, 1.82) is 0 Å². The molecule has 0 heterocycles. The van der Waals surface area contributed by atoms with Crippen molar-refractivity contribution in [2.75, 3.05) is 13.2 Å². The molecule has 0 fully saturated rings. The molecule has 5 heteroatoms. The number of hydrogen-bond acceptors (Lipinski definition) is 2. The van der Waals surface area contributed by atoms with Crippen LogP contribution in [0.3, 0.4) is 0 Å². The fraction of sp³-hybridized carbons (Fsp3) is 0.200. The normalized spacial score (nSPS) is 10.3. The summed E-state index contributed by atoms with van der Waals surface area (Å²) < 4.78 is 37.7. The number of rotatable bonds is 6. The standard InChI is InChI=1S/C15H13BrF2O2/c16-10-11-8-13(17)15(14(18)9-11)20-7-6-19-12-4-2-1-3-5-12/h1-5,8-9H,6-7,10H2. The van der Waals surface area contributed by atoms with Gasteiger partial charge in [-0.05, 0) is 29.8 Å². The molecule has 0 amide bonds. The number of halogens is 3. The van der Waals surface area contributed by atoms with E-state index in [0.717, 1.165) is 0 Å². The lowest BCUT2D eigenvalue weighted by Gasteiger charge is -2.10. The van der Waals surface area contributed by atoms with E-state index < -0.39 is 11.6 Å². The maximum Gasteiger partial charge on any atom is 0.190 e. The summed E-state index contributed by atoms with van der Waals surface area (Å²) in [5.74, 6) is -1.10. The molecule has 0 aliphatic carbocycles. The third-order valence-electron chi connectivity index (χ3n) is 2.55. The van der Waals surface area contributed by atoms with Gasteiger partial charge in [-0.3, -0.25) is 0 Å². The Kier molecular flexibility index (Phi) is 5.35. The van der Waals surface area contributed by atoms with Gasteiger partial charge in [0.2, 0.25) is 0 Å². The molecule has 20 heavy (non-hydrogen) atoms. The molecule has 2 aromatic carbocycles. The van der Waals surface area contributed by atoms with Crippen molar-refractivity contribution in [3.8, 4) is 11.5 Å². The van der Waals surface area contributed by atoms with Crippen LogP contribution in [0.5, 0.6) is 11.5 Å². The van der Waals surface area contributed by atoms with Crippen LogP contribution in [-0.2, 0) is 5.33 Å². The Hall–Kier alpha value is -1.62. The fourth-order valence-corrected chi connectivity index (χ4v) is 1.97. The molecule has 2 rings (SSSR count). The van der Waals surface area contributed by atoms with E-state index >= 15 is 0 Å². The number of para-hydroxylation sites is 1. The maximum absolute atomic E-state index is 13.6. The van der Waals surface area contributed by atoms with Crippen molar-refractivity contribution in [3.63, 3.8) is 0 Å². The zero-order valence-corrected chi connectivity index (χ0v) is 12.2. The molecule has 0 saturated heterocycles. The average molecular weight is 343 g/mol. The Morgan fingerprint density at radius 1 is 0.900 bits per heavy atom. The molecule has 0 atom stereocenters. The molecule has 0 saturated carbocycles. The Balaban J connectivity index is 1.88. The van der Waals surface area contributed by atoms with Gasteiger partial charge in [0, 0.05) is 5.33 Å². The number of alkyl halides is 1. The minimum atomic E-state index is -0.709. The first-order valence-corrected chi connectivity index (χ1v) is 7.17. The van der Waals surface area contributed by atoms with Gasteiger partial charge in [-0.25, -0.2) is 8.78 Å². The van der Waals surface area contributed by atoms with Crippen molar-refractivity contribution in [3.05, 3.63) is 59.7 Å². The molecule has 2 nitrogen and oxygen atoms in total. The summed E-state index contributed by atoms with van der Waals surface area (Å²) in [6.45, 7) is 0.277. The van der Waals surface area contributed by atoms with E-state index in [1.807, 2.05) is 18.2 Å². The zero-order valence-electron chi connectivity index (χ0n) is 10.6. The Morgan fingerprint density at radius 2 is 1.50 bits per heavy atom. The minimum Gasteiger partial charge on any atom is -0.490 e. The van der Waals surface area contributed by atoms with Crippen LogP contribution in [-0.4, -0.2) is 13.2 Å². The highest BCUT2D eigenvalue weighted by Crippen LogP contribution is 2.24. The summed E-state index contributed by atoms with van der Waals surface area (Å²) in [7, 11) is 0. The van der Waals surface area contributed by atoms with Gasteiger partial charge in [0.05, 0.1) is 0 Å². The third-order valence-corrected chi connectivity index (χ3v) is 3.20. The van der Waals surface area contributed by atoms with Crippen molar-refractivity contribution in [1.82, 2.24) is 0 Å². The highest BCUT2D eigenvalue weighted by Gasteiger charge is 2.12. The SMILES string of the molecule is Fc1cc(CBr)cc(F)c1OCCOc1ccccc1. The zero-order chi connectivity index (χ0) is 14.4. The molecule has 0 bridgehead atoms. The fourth-order valence-electron chi connectivity index (χ4n) is 1.65. The van der Waals surface area contributed by atoms with E-state index in [1.54, 1.807) is 12.1 Å². The predicted octanol–water partition coefficient (Wildman–Crippen LogP) is 4.32. The van der Waals surface area contributed by atoms with Crippen LogP contribution in [0.4, 0.5) is 8.78 Å². The quantitative estimate of drug-likeness (QED) is 0.575. The van der Waals surface area contributed by atoms with E-state index in [9.17, 15) is 8.78 Å². The van der Waals surface area contributed by atoms with E-state index in [1.165, 1.54) is 12.1 Å². The largest absolute Gasteiger partial charge is 0.490 e. The lowest BCUT2D eigenvalue weighted by molar-refractivity contribution is 0.205. The minimum absolute atomic E-state index is 0.0659. The summed E-state index contributed by atoms with van der Waals surface area (Å²) in [5, 5.41) is 0.387. The Morgan fingerprint density at radius 3 is 2.10 bits per heavy atom. The molecular weight excluding hydrogens is 330 g/mol. The second kappa shape index (κ2) is 7.24. The molecule has 2 aromatic rings. The van der Waals surface area contributed by atoms with Gasteiger partial charge in [-0.1, -0.05) is 34.1 Å². The summed E-state index contributed by atoms with van der Waals surface area (Å²) in [5.41, 5.74) is 0.521. The average Bonchev–Trinajstić information content (AvgIpc) is 2.46. The summed E-state index contributed by atoms with van der Waals surface area (Å²) >= 11 is 3.15. The first kappa shape index (κ1) is 14.8. The van der Waals surface area contributed by atoms with Gasteiger partial charge < -0.3 is 9.47 Å². The van der Waals surface area contributed by atoms with E-state index in [2.05, 4.69) is 15.9 Å². The first-order valence-electron chi connectivity index (χ1n) is 6.05. The van der Waals surface area contributed by atoms with Crippen LogP contribution in [0.1, 0.15) is 5.56 Å². The van der Waals surface area contributed by atoms with E-state index in [-0.39, 0.29) is 19.0 Å². The van der Waals surface area contributed by atoms with Crippen molar-refractivity contribution < 1.29 is 18.3 Å². The van der Waals surface area contributed by atoms with Crippen LogP contribution in [0.2, 0.25) is 0 Å². The summed E-state index contributed by atoms with van der Waals surface area (Å²) in [4.78, 5) is 0. The van der Waals surface area contributed by atoms with Crippen molar-refractivity contribution in [2.24, 2.45) is 0 Å². The Labute approximate surface area is 124 Å². The highest BCUT2D eigenvalue weighted by molar-refractivity contribution is 9.08. The lowest BCUT2D eigenvalue weighted by atomic mass is 10.2. The lowest BCUT2D eigenvalue weighted by Crippen LogP contribution is -2.10. The molecule has 0 N–H and O–H groups in total. The summed E-state index contributed by atoms with van der Waals surface area (Å²) in [6.07, 6.45) is 0.